The number of anilines is 1. The van der Waals surface area contributed by atoms with Gasteiger partial charge in [0, 0.05) is 37.3 Å². The lowest BCUT2D eigenvalue weighted by Crippen LogP contribution is -2.49. The first-order chi connectivity index (χ1) is 11.2. The number of hydrogen-bond acceptors (Lipinski definition) is 6. The van der Waals surface area contributed by atoms with Crippen molar-refractivity contribution in [3.05, 3.63) is 11.6 Å². The van der Waals surface area contributed by atoms with E-state index in [9.17, 15) is 4.79 Å². The number of nitrogens with zero attached hydrogens (tertiary/aromatic N) is 2. The van der Waals surface area contributed by atoms with Gasteiger partial charge in [0.25, 0.3) is 0 Å². The van der Waals surface area contributed by atoms with E-state index in [4.69, 9.17) is 4.74 Å². The number of aromatic nitrogens is 1. The summed E-state index contributed by atoms with van der Waals surface area (Å²) in [6.45, 7) is 2.84. The summed E-state index contributed by atoms with van der Waals surface area (Å²) in [7, 11) is 1.52. The van der Waals surface area contributed by atoms with Gasteiger partial charge in [-0.3, -0.25) is 4.79 Å². The molecule has 2 heterocycles. The number of esters is 1. The summed E-state index contributed by atoms with van der Waals surface area (Å²) in [4.78, 5) is 19.0. The first kappa shape index (κ1) is 16.7. The average molecular weight is 337 g/mol. The van der Waals surface area contributed by atoms with E-state index in [-0.39, 0.29) is 11.4 Å². The SMILES string of the molecule is COC(=O)C1(CNC2CCN(c3nccs3)CC2)CCCCC1. The molecule has 0 bridgehead atoms. The first-order valence-electron chi connectivity index (χ1n) is 8.70. The number of methoxy groups -OCH3 is 1. The molecule has 0 radical (unpaired) electrons. The summed E-state index contributed by atoms with van der Waals surface area (Å²) >= 11 is 1.71. The third-order valence-corrected chi connectivity index (χ3v) is 6.18. The molecule has 0 atom stereocenters. The largest absolute Gasteiger partial charge is 0.469 e. The van der Waals surface area contributed by atoms with Crippen molar-refractivity contribution in [2.75, 3.05) is 31.6 Å². The van der Waals surface area contributed by atoms with Gasteiger partial charge in [0.2, 0.25) is 0 Å². The maximum atomic E-state index is 12.3. The van der Waals surface area contributed by atoms with Crippen LogP contribution in [-0.2, 0) is 9.53 Å². The second-order valence-electron chi connectivity index (χ2n) is 6.79. The Bertz CT molecular complexity index is 492. The van der Waals surface area contributed by atoms with Gasteiger partial charge >= 0.3 is 5.97 Å². The van der Waals surface area contributed by atoms with Crippen LogP contribution in [0.1, 0.15) is 44.9 Å². The lowest BCUT2D eigenvalue weighted by Gasteiger charge is -2.38. The zero-order chi connectivity index (χ0) is 16.1. The molecule has 1 saturated heterocycles. The Balaban J connectivity index is 1.50. The van der Waals surface area contributed by atoms with Gasteiger partial charge in [0.05, 0.1) is 12.5 Å². The predicted molar refractivity (Wildman–Crippen MR) is 92.9 cm³/mol. The molecule has 0 aromatic carbocycles. The Morgan fingerprint density at radius 3 is 2.74 bits per heavy atom. The number of nitrogens with one attached hydrogen (secondary N) is 1. The Hall–Kier alpha value is -1.14. The highest BCUT2D eigenvalue weighted by Gasteiger charge is 2.40. The van der Waals surface area contributed by atoms with Crippen LogP contribution < -0.4 is 10.2 Å². The van der Waals surface area contributed by atoms with Gasteiger partial charge in [0.1, 0.15) is 0 Å². The molecule has 23 heavy (non-hydrogen) atoms. The van der Waals surface area contributed by atoms with E-state index in [1.165, 1.54) is 13.5 Å². The molecule has 1 saturated carbocycles. The summed E-state index contributed by atoms with van der Waals surface area (Å²) in [6, 6.07) is 0.495. The van der Waals surface area contributed by atoms with Crippen molar-refractivity contribution >= 4 is 22.4 Å². The third-order valence-electron chi connectivity index (χ3n) is 5.34. The second-order valence-corrected chi connectivity index (χ2v) is 7.66. The minimum Gasteiger partial charge on any atom is -0.469 e. The molecule has 3 rings (SSSR count). The molecule has 0 spiro atoms. The standard InChI is InChI=1S/C17H27N3O2S/c1-22-15(21)17(7-3-2-4-8-17)13-19-14-5-10-20(11-6-14)16-18-9-12-23-16/h9,12,14,19H,2-8,10-11,13H2,1H3. The topological polar surface area (TPSA) is 54.5 Å². The molecule has 6 heteroatoms. The lowest BCUT2D eigenvalue weighted by molar-refractivity contribution is -0.154. The number of thiazole rings is 1. The zero-order valence-corrected chi connectivity index (χ0v) is 14.7. The molecular weight excluding hydrogens is 310 g/mol. The highest BCUT2D eigenvalue weighted by Crippen LogP contribution is 2.37. The van der Waals surface area contributed by atoms with Crippen molar-refractivity contribution in [3.63, 3.8) is 0 Å². The van der Waals surface area contributed by atoms with Crippen LogP contribution in [0.2, 0.25) is 0 Å². The molecule has 5 nitrogen and oxygen atoms in total. The quantitative estimate of drug-likeness (QED) is 0.837. The number of rotatable bonds is 5. The summed E-state index contributed by atoms with van der Waals surface area (Å²) in [6.07, 6.45) is 9.53. The van der Waals surface area contributed by atoms with Gasteiger partial charge < -0.3 is 15.0 Å². The van der Waals surface area contributed by atoms with Crippen LogP contribution in [0.5, 0.6) is 0 Å². The number of piperidine rings is 1. The number of carbonyl (C=O) groups excluding carboxylic acids is 1. The van der Waals surface area contributed by atoms with Gasteiger partial charge in [0.15, 0.2) is 5.13 Å². The Morgan fingerprint density at radius 2 is 2.13 bits per heavy atom. The van der Waals surface area contributed by atoms with E-state index in [0.29, 0.717) is 6.04 Å². The Labute approximate surface area is 142 Å². The third kappa shape index (κ3) is 3.86. The van der Waals surface area contributed by atoms with Crippen molar-refractivity contribution in [1.29, 1.82) is 0 Å². The van der Waals surface area contributed by atoms with Crippen LogP contribution in [0, 0.1) is 5.41 Å². The molecule has 0 unspecified atom stereocenters. The highest BCUT2D eigenvalue weighted by molar-refractivity contribution is 7.13. The molecule has 1 aromatic rings. The second kappa shape index (κ2) is 7.62. The molecule has 0 amide bonds. The molecule has 1 aliphatic carbocycles. The van der Waals surface area contributed by atoms with E-state index in [1.807, 2.05) is 11.6 Å². The molecule has 2 aliphatic rings. The van der Waals surface area contributed by atoms with Crippen LogP contribution in [0.3, 0.4) is 0 Å². The Morgan fingerprint density at radius 1 is 1.39 bits per heavy atom. The monoisotopic (exact) mass is 337 g/mol. The van der Waals surface area contributed by atoms with E-state index < -0.39 is 0 Å². The summed E-state index contributed by atoms with van der Waals surface area (Å²) < 4.78 is 5.10. The number of ether oxygens (including phenoxy) is 1. The summed E-state index contributed by atoms with van der Waals surface area (Å²) in [5.74, 6) is -0.0232. The molecular formula is C17H27N3O2S. The zero-order valence-electron chi connectivity index (χ0n) is 13.9. The molecule has 128 valence electrons. The van der Waals surface area contributed by atoms with Crippen LogP contribution in [0.25, 0.3) is 0 Å². The lowest BCUT2D eigenvalue weighted by atomic mass is 9.73. The average Bonchev–Trinajstić information content (AvgIpc) is 3.15. The van der Waals surface area contributed by atoms with Gasteiger partial charge in [-0.15, -0.1) is 11.3 Å². The maximum Gasteiger partial charge on any atom is 0.313 e. The number of carbonyl (C=O) groups is 1. The molecule has 1 aromatic heterocycles. The van der Waals surface area contributed by atoms with Crippen LogP contribution in [0.15, 0.2) is 11.6 Å². The fourth-order valence-electron chi connectivity index (χ4n) is 3.88. The maximum absolute atomic E-state index is 12.3. The fraction of sp³-hybridized carbons (Fsp3) is 0.765. The minimum absolute atomic E-state index is 0.0232. The first-order valence-corrected chi connectivity index (χ1v) is 9.58. The van der Waals surface area contributed by atoms with Crippen LogP contribution in [-0.4, -0.2) is 43.7 Å². The predicted octanol–water partition coefficient (Wildman–Crippen LogP) is 2.83. The van der Waals surface area contributed by atoms with Crippen LogP contribution >= 0.6 is 11.3 Å². The van der Waals surface area contributed by atoms with Gasteiger partial charge in [-0.1, -0.05) is 19.3 Å². The molecule has 2 fully saturated rings. The van der Waals surface area contributed by atoms with Gasteiger partial charge in [-0.25, -0.2) is 4.98 Å². The van der Waals surface area contributed by atoms with E-state index in [2.05, 4.69) is 15.2 Å². The molecule has 1 N–H and O–H groups in total. The van der Waals surface area contributed by atoms with Crippen LogP contribution in [0.4, 0.5) is 5.13 Å². The fourth-order valence-corrected chi connectivity index (χ4v) is 4.58. The summed E-state index contributed by atoms with van der Waals surface area (Å²) in [5.41, 5.74) is -0.292. The minimum atomic E-state index is -0.292. The van der Waals surface area contributed by atoms with Gasteiger partial charge in [-0.2, -0.15) is 0 Å². The van der Waals surface area contributed by atoms with Crippen molar-refractivity contribution in [2.45, 2.75) is 51.0 Å². The highest BCUT2D eigenvalue weighted by atomic mass is 32.1. The van der Waals surface area contributed by atoms with Crippen molar-refractivity contribution in [3.8, 4) is 0 Å². The smallest absolute Gasteiger partial charge is 0.313 e. The van der Waals surface area contributed by atoms with E-state index >= 15 is 0 Å². The van der Waals surface area contributed by atoms with Crippen molar-refractivity contribution < 1.29 is 9.53 Å². The van der Waals surface area contributed by atoms with Gasteiger partial charge in [-0.05, 0) is 25.7 Å². The Kier molecular flexibility index (Phi) is 5.54. The summed E-state index contributed by atoms with van der Waals surface area (Å²) in [5, 5.41) is 6.83. The van der Waals surface area contributed by atoms with Crippen molar-refractivity contribution in [2.24, 2.45) is 5.41 Å². The van der Waals surface area contributed by atoms with Crippen molar-refractivity contribution in [1.82, 2.24) is 10.3 Å². The van der Waals surface area contributed by atoms with E-state index in [1.54, 1.807) is 11.3 Å². The number of hydrogen-bond donors (Lipinski definition) is 1. The van der Waals surface area contributed by atoms with E-state index in [0.717, 1.165) is 63.3 Å². The molecule has 1 aliphatic heterocycles. The normalized spacial score (nSPS) is 22.0.